The number of ether oxygens (including phenoxy) is 1. The summed E-state index contributed by atoms with van der Waals surface area (Å²) < 4.78 is 5.08. The molecule has 0 aliphatic carbocycles. The third-order valence-corrected chi connectivity index (χ3v) is 1.74. The van der Waals surface area contributed by atoms with E-state index in [1.165, 1.54) is 0 Å². The van der Waals surface area contributed by atoms with Gasteiger partial charge in [-0.2, -0.15) is 0 Å². The fraction of sp³-hybridized carbons (Fsp3) is 0.222. The molecule has 0 unspecified atom stereocenters. The van der Waals surface area contributed by atoms with E-state index in [2.05, 4.69) is 0 Å². The topological polar surface area (TPSA) is 29.5 Å². The average Bonchev–Trinajstić information content (AvgIpc) is 2.05. The second kappa shape index (κ2) is 9.10. The molecule has 1 aromatic carbocycles. The largest absolute Gasteiger partial charge is 1.00 e. The van der Waals surface area contributed by atoms with Crippen LogP contribution in [0.3, 0.4) is 0 Å². The van der Waals surface area contributed by atoms with Crippen LogP contribution in [0.2, 0.25) is 0 Å². The van der Waals surface area contributed by atoms with Gasteiger partial charge in [-0.3, -0.25) is 0 Å². The molecule has 1 aromatic rings. The molecule has 1 rings (SSSR count). The predicted molar refractivity (Wildman–Crippen MR) is 52.5 cm³/mol. The number of phenols is 1. The van der Waals surface area contributed by atoms with E-state index in [9.17, 15) is 5.11 Å². The standard InChI is InChI=1S/C9H10O2S.Hg.Na.H/c1-2-11-9(12)7-5-3-4-6-8(7)10;;;/h3-6,10H,2H2,1H3;;;/q;;+1;-1. The number of benzene rings is 1. The maximum Gasteiger partial charge on any atom is 1.00 e. The summed E-state index contributed by atoms with van der Waals surface area (Å²) in [6.07, 6.45) is 0. The van der Waals surface area contributed by atoms with Crippen LogP contribution in [-0.2, 0) is 32.4 Å². The smallest absolute Gasteiger partial charge is 1.00 e. The summed E-state index contributed by atoms with van der Waals surface area (Å²) in [4.78, 5) is 0. The van der Waals surface area contributed by atoms with Gasteiger partial charge < -0.3 is 11.3 Å². The van der Waals surface area contributed by atoms with Crippen LogP contribution < -0.4 is 29.6 Å². The van der Waals surface area contributed by atoms with Crippen LogP contribution >= 0.6 is 12.2 Å². The van der Waals surface area contributed by atoms with E-state index in [0.717, 1.165) is 0 Å². The molecule has 0 spiro atoms. The number of thiocarbonyl (C=S) groups is 1. The molecule has 0 atom stereocenters. The summed E-state index contributed by atoms with van der Waals surface area (Å²) in [6.45, 7) is 2.37. The number of hydrogen-bond donors (Lipinski definition) is 1. The van der Waals surface area contributed by atoms with E-state index < -0.39 is 0 Å². The molecule has 0 saturated carbocycles. The second-order valence-corrected chi connectivity index (χ2v) is 2.61. The van der Waals surface area contributed by atoms with Crippen LogP contribution in [0.5, 0.6) is 5.75 Å². The first kappa shape index (κ1) is 17.2. The summed E-state index contributed by atoms with van der Waals surface area (Å²) in [7, 11) is 0. The summed E-state index contributed by atoms with van der Waals surface area (Å²) >= 11 is 4.92. The van der Waals surface area contributed by atoms with Crippen molar-refractivity contribution in [2.75, 3.05) is 6.61 Å². The maximum absolute atomic E-state index is 9.34. The normalized spacial score (nSPS) is 8.07. The van der Waals surface area contributed by atoms with E-state index in [4.69, 9.17) is 17.0 Å². The molecule has 5 heteroatoms. The molecular formula is C9H11HgNaO2S. The maximum atomic E-state index is 9.34. The number of hydrogen-bond acceptors (Lipinski definition) is 3. The molecule has 0 fully saturated rings. The molecule has 0 saturated heterocycles. The van der Waals surface area contributed by atoms with E-state index in [-0.39, 0.29) is 64.4 Å². The quantitative estimate of drug-likeness (QED) is 0.516. The minimum Gasteiger partial charge on any atom is -1.00 e. The third kappa shape index (κ3) is 5.07. The summed E-state index contributed by atoms with van der Waals surface area (Å²) in [5.74, 6) is 0.163. The van der Waals surface area contributed by atoms with Crippen molar-refractivity contribution in [3.05, 3.63) is 29.8 Å². The van der Waals surface area contributed by atoms with E-state index in [1.54, 1.807) is 24.3 Å². The van der Waals surface area contributed by atoms with Crippen molar-refractivity contribution in [2.24, 2.45) is 0 Å². The van der Waals surface area contributed by atoms with Crippen LogP contribution in [0.15, 0.2) is 24.3 Å². The Morgan fingerprint density at radius 1 is 1.50 bits per heavy atom. The van der Waals surface area contributed by atoms with Gasteiger partial charge in [0.15, 0.2) is 5.05 Å². The number of para-hydroxylation sites is 1. The van der Waals surface area contributed by atoms with Crippen molar-refractivity contribution in [1.29, 1.82) is 0 Å². The summed E-state index contributed by atoms with van der Waals surface area (Å²) in [5.41, 5.74) is 0.578. The van der Waals surface area contributed by atoms with Gasteiger partial charge in [0, 0.05) is 27.7 Å². The Kier molecular flexibility index (Phi) is 11.2. The zero-order chi connectivity index (χ0) is 8.97. The van der Waals surface area contributed by atoms with Crippen molar-refractivity contribution in [3.8, 4) is 5.75 Å². The molecule has 1 N–H and O–H groups in total. The van der Waals surface area contributed by atoms with Crippen molar-refractivity contribution in [2.45, 2.75) is 6.92 Å². The monoisotopic (exact) mass is 408 g/mol. The Balaban J connectivity index is -0.000000480. The van der Waals surface area contributed by atoms with Gasteiger partial charge >= 0.3 is 29.6 Å². The fourth-order valence-electron chi connectivity index (χ4n) is 0.855. The number of aromatic hydroxyl groups is 1. The first-order valence-electron chi connectivity index (χ1n) is 3.70. The number of rotatable bonds is 2. The Morgan fingerprint density at radius 2 is 2.07 bits per heavy atom. The SMILES string of the molecule is CCOC(=S)c1ccccc1O.[H-].[Hg].[Na+]. The molecular weight excluding hydrogens is 396 g/mol. The van der Waals surface area contributed by atoms with Crippen LogP contribution in [0.1, 0.15) is 13.9 Å². The van der Waals surface area contributed by atoms with Crippen molar-refractivity contribution in [3.63, 3.8) is 0 Å². The molecule has 14 heavy (non-hydrogen) atoms. The van der Waals surface area contributed by atoms with E-state index in [0.29, 0.717) is 17.2 Å². The molecule has 0 amide bonds. The van der Waals surface area contributed by atoms with Gasteiger partial charge in [-0.15, -0.1) is 0 Å². The Hall–Kier alpha value is 0.845. The van der Waals surface area contributed by atoms with Gasteiger partial charge in [0.1, 0.15) is 5.75 Å². The predicted octanol–water partition coefficient (Wildman–Crippen LogP) is -0.782. The van der Waals surface area contributed by atoms with Crippen molar-refractivity contribution >= 4 is 17.3 Å². The Bertz CT molecular complexity index is 299. The molecule has 0 radical (unpaired) electrons. The number of phenolic OH excluding ortho intramolecular Hbond substituents is 1. The summed E-state index contributed by atoms with van der Waals surface area (Å²) in [6, 6.07) is 6.86. The van der Waals surface area contributed by atoms with Crippen LogP contribution in [0, 0.1) is 0 Å². The Labute approximate surface area is 133 Å². The second-order valence-electron chi connectivity index (χ2n) is 2.24. The van der Waals surface area contributed by atoms with Gasteiger partial charge in [-0.1, -0.05) is 12.1 Å². The Morgan fingerprint density at radius 3 is 2.57 bits per heavy atom. The molecule has 2 nitrogen and oxygen atoms in total. The zero-order valence-corrected chi connectivity index (χ0v) is 16.8. The zero-order valence-electron chi connectivity index (χ0n) is 9.49. The van der Waals surface area contributed by atoms with Crippen molar-refractivity contribution in [1.82, 2.24) is 0 Å². The summed E-state index contributed by atoms with van der Waals surface area (Å²) in [5, 5.41) is 9.68. The van der Waals surface area contributed by atoms with Crippen LogP contribution in [0.25, 0.3) is 0 Å². The fourth-order valence-corrected chi connectivity index (χ4v) is 1.15. The molecule has 0 aliphatic rings. The van der Waals surface area contributed by atoms with E-state index >= 15 is 0 Å². The molecule has 0 aromatic heterocycles. The molecule has 0 heterocycles. The van der Waals surface area contributed by atoms with Crippen molar-refractivity contribution < 1.29 is 68.5 Å². The van der Waals surface area contributed by atoms with Gasteiger partial charge in [0.05, 0.1) is 12.2 Å². The minimum absolute atomic E-state index is 0. The van der Waals surface area contributed by atoms with Gasteiger partial charge in [0.25, 0.3) is 0 Å². The molecule has 0 aliphatic heterocycles. The first-order valence-corrected chi connectivity index (χ1v) is 4.11. The third-order valence-electron chi connectivity index (χ3n) is 1.40. The first-order chi connectivity index (χ1) is 5.75. The minimum atomic E-state index is 0. The molecule has 68 valence electrons. The molecule has 0 bridgehead atoms. The van der Waals surface area contributed by atoms with Crippen LogP contribution in [0.4, 0.5) is 0 Å². The van der Waals surface area contributed by atoms with Crippen LogP contribution in [-0.4, -0.2) is 16.8 Å². The van der Waals surface area contributed by atoms with E-state index in [1.807, 2.05) is 6.92 Å². The van der Waals surface area contributed by atoms with Gasteiger partial charge in [-0.25, -0.2) is 0 Å². The van der Waals surface area contributed by atoms with Gasteiger partial charge in [-0.05, 0) is 31.3 Å². The average molecular weight is 407 g/mol. The van der Waals surface area contributed by atoms with Gasteiger partial charge in [0.2, 0.25) is 0 Å².